The number of nitriles is 1. The maximum absolute atomic E-state index is 9.15. The normalized spacial score (nSPS) is 15.3. The van der Waals surface area contributed by atoms with Crippen molar-refractivity contribution in [3.63, 3.8) is 0 Å². The summed E-state index contributed by atoms with van der Waals surface area (Å²) in [5, 5.41) is 15.2. The van der Waals surface area contributed by atoms with Crippen LogP contribution in [0, 0.1) is 18.3 Å². The van der Waals surface area contributed by atoms with E-state index in [4.69, 9.17) is 10.6 Å². The van der Waals surface area contributed by atoms with Gasteiger partial charge in [0, 0.05) is 17.5 Å². The van der Waals surface area contributed by atoms with Gasteiger partial charge in [-0.15, -0.1) is 0 Å². The molecule has 1 aromatic heterocycles. The fraction of sp³-hybridized carbons (Fsp3) is 0.125. The highest BCUT2D eigenvalue weighted by Crippen LogP contribution is 2.37. The highest BCUT2D eigenvalue weighted by Gasteiger charge is 2.26. The smallest absolute Gasteiger partial charge is 0.130 e. The third-order valence-corrected chi connectivity index (χ3v) is 5.34. The summed E-state index contributed by atoms with van der Waals surface area (Å²) in [5.41, 5.74) is 7.83. The number of aryl methyl sites for hydroxylation is 1. The first-order valence-electron chi connectivity index (χ1n) is 9.14. The molecule has 1 radical (unpaired) electrons. The van der Waals surface area contributed by atoms with Crippen LogP contribution in [0.15, 0.2) is 72.8 Å². The Morgan fingerprint density at radius 2 is 1.81 bits per heavy atom. The number of hydrogen-bond donors (Lipinski definition) is 0. The number of aromatic nitrogens is 1. The molecule has 0 saturated carbocycles. The van der Waals surface area contributed by atoms with Gasteiger partial charge in [-0.3, -0.25) is 5.32 Å². The Bertz CT molecular complexity index is 1200. The molecule has 3 aromatic carbocycles. The zero-order valence-corrected chi connectivity index (χ0v) is 15.1. The van der Waals surface area contributed by atoms with Gasteiger partial charge in [-0.2, -0.15) is 5.26 Å². The second-order valence-electron chi connectivity index (χ2n) is 7.06. The maximum Gasteiger partial charge on any atom is 0.130 e. The van der Waals surface area contributed by atoms with Crippen LogP contribution in [-0.4, -0.2) is 4.57 Å². The Morgan fingerprint density at radius 3 is 2.63 bits per heavy atom. The number of nitrogens with zero attached hydrogens (tertiary/aromatic N) is 3. The van der Waals surface area contributed by atoms with Crippen LogP contribution in [0.1, 0.15) is 23.0 Å². The first-order valence-corrected chi connectivity index (χ1v) is 9.14. The highest BCUT2D eigenvalue weighted by atomic mass is 15.2. The van der Waals surface area contributed by atoms with E-state index in [1.165, 1.54) is 22.4 Å². The average molecular weight is 348 g/mol. The minimum absolute atomic E-state index is 0.0662. The lowest BCUT2D eigenvalue weighted by molar-refractivity contribution is 0.486. The van der Waals surface area contributed by atoms with Crippen molar-refractivity contribution < 1.29 is 0 Å². The molecule has 0 N–H and O–H groups in total. The van der Waals surface area contributed by atoms with Crippen LogP contribution in [0.25, 0.3) is 22.0 Å². The standard InChI is InChI=1S/C24H18N3/c1-16-11-21-12-17(15-25)7-10-23(21)27(16)24-14-20-13-19(8-9-22(20)26-24)18-5-3-2-4-6-18/h2-13,24H,14H2,1H3. The van der Waals surface area contributed by atoms with E-state index in [0.29, 0.717) is 5.56 Å². The predicted molar refractivity (Wildman–Crippen MR) is 108 cm³/mol. The monoisotopic (exact) mass is 348 g/mol. The Hall–Kier alpha value is -3.51. The van der Waals surface area contributed by atoms with Crippen molar-refractivity contribution in [2.45, 2.75) is 19.5 Å². The largest absolute Gasteiger partial charge is 0.322 e. The van der Waals surface area contributed by atoms with Crippen LogP contribution >= 0.6 is 0 Å². The molecule has 3 nitrogen and oxygen atoms in total. The van der Waals surface area contributed by atoms with Crippen molar-refractivity contribution in [2.24, 2.45) is 0 Å². The second kappa shape index (κ2) is 6.03. The summed E-state index contributed by atoms with van der Waals surface area (Å²) in [5.74, 6) is 0. The van der Waals surface area contributed by atoms with Gasteiger partial charge in [-0.05, 0) is 60.0 Å². The number of benzene rings is 3. The molecule has 0 amide bonds. The van der Waals surface area contributed by atoms with Gasteiger partial charge >= 0.3 is 0 Å². The van der Waals surface area contributed by atoms with Gasteiger partial charge in [-0.1, -0.05) is 36.4 Å². The van der Waals surface area contributed by atoms with Crippen molar-refractivity contribution >= 4 is 16.6 Å². The molecule has 4 aromatic rings. The number of fused-ring (bicyclic) bond motifs is 2. The van der Waals surface area contributed by atoms with Crippen molar-refractivity contribution in [3.8, 4) is 17.2 Å². The van der Waals surface area contributed by atoms with Gasteiger partial charge in [0.15, 0.2) is 0 Å². The predicted octanol–water partition coefficient (Wildman–Crippen LogP) is 5.48. The number of hydrogen-bond acceptors (Lipinski definition) is 1. The molecule has 27 heavy (non-hydrogen) atoms. The van der Waals surface area contributed by atoms with Crippen LogP contribution in [0.5, 0.6) is 0 Å². The molecule has 0 fully saturated rings. The summed E-state index contributed by atoms with van der Waals surface area (Å²) < 4.78 is 2.29. The number of rotatable bonds is 2. The Balaban J connectivity index is 1.52. The highest BCUT2D eigenvalue weighted by molar-refractivity contribution is 5.83. The van der Waals surface area contributed by atoms with Gasteiger partial charge < -0.3 is 4.57 Å². The molecule has 1 atom stereocenters. The summed E-state index contributed by atoms with van der Waals surface area (Å²) in [7, 11) is 0. The molecule has 2 heterocycles. The van der Waals surface area contributed by atoms with Crippen molar-refractivity contribution in [1.82, 2.24) is 9.88 Å². The van der Waals surface area contributed by atoms with Gasteiger partial charge in [0.2, 0.25) is 0 Å². The molecule has 1 unspecified atom stereocenters. The summed E-state index contributed by atoms with van der Waals surface area (Å²) in [6.07, 6.45) is 0.956. The molecule has 0 spiro atoms. The average Bonchev–Trinajstić information content (AvgIpc) is 3.26. The molecule has 1 aliphatic rings. The fourth-order valence-electron chi connectivity index (χ4n) is 4.08. The molecule has 0 saturated heterocycles. The van der Waals surface area contributed by atoms with Crippen LogP contribution < -0.4 is 5.32 Å². The van der Waals surface area contributed by atoms with Crippen LogP contribution in [0.3, 0.4) is 0 Å². The van der Waals surface area contributed by atoms with Crippen LogP contribution in [0.2, 0.25) is 0 Å². The second-order valence-corrected chi connectivity index (χ2v) is 7.06. The van der Waals surface area contributed by atoms with Crippen LogP contribution in [0.4, 0.5) is 5.69 Å². The first-order chi connectivity index (χ1) is 13.2. The van der Waals surface area contributed by atoms with Crippen molar-refractivity contribution in [2.75, 3.05) is 0 Å². The van der Waals surface area contributed by atoms with E-state index in [2.05, 4.69) is 66.1 Å². The molecule has 0 bridgehead atoms. The van der Waals surface area contributed by atoms with Gasteiger partial charge in [-0.25, -0.2) is 0 Å². The van der Waals surface area contributed by atoms with E-state index < -0.39 is 0 Å². The topological polar surface area (TPSA) is 42.8 Å². The van der Waals surface area contributed by atoms with Gasteiger partial charge in [0.25, 0.3) is 0 Å². The van der Waals surface area contributed by atoms with Crippen LogP contribution in [-0.2, 0) is 6.42 Å². The van der Waals surface area contributed by atoms with Gasteiger partial charge in [0.1, 0.15) is 6.17 Å². The Morgan fingerprint density at radius 1 is 0.963 bits per heavy atom. The lowest BCUT2D eigenvalue weighted by atomic mass is 10.0. The zero-order chi connectivity index (χ0) is 18.4. The van der Waals surface area contributed by atoms with Crippen molar-refractivity contribution in [3.05, 3.63) is 89.6 Å². The van der Waals surface area contributed by atoms with E-state index in [9.17, 15) is 0 Å². The van der Waals surface area contributed by atoms with E-state index in [1.807, 2.05) is 24.3 Å². The van der Waals surface area contributed by atoms with E-state index in [0.717, 1.165) is 23.0 Å². The van der Waals surface area contributed by atoms with Gasteiger partial charge in [0.05, 0.1) is 22.8 Å². The third kappa shape index (κ3) is 2.58. The molecular weight excluding hydrogens is 330 g/mol. The summed E-state index contributed by atoms with van der Waals surface area (Å²) in [6, 6.07) is 27.2. The molecule has 129 valence electrons. The van der Waals surface area contributed by atoms with E-state index in [1.54, 1.807) is 0 Å². The maximum atomic E-state index is 9.15. The molecule has 1 aliphatic heterocycles. The summed E-state index contributed by atoms with van der Waals surface area (Å²) in [6.45, 7) is 2.11. The van der Waals surface area contributed by atoms with Crippen molar-refractivity contribution in [1.29, 1.82) is 5.26 Å². The van der Waals surface area contributed by atoms with E-state index >= 15 is 0 Å². The summed E-state index contributed by atoms with van der Waals surface area (Å²) >= 11 is 0. The Labute approximate surface area is 158 Å². The molecular formula is C24H18N3. The lowest BCUT2D eigenvalue weighted by Crippen LogP contribution is -2.15. The molecule has 3 heteroatoms. The first kappa shape index (κ1) is 15.7. The van der Waals surface area contributed by atoms with E-state index in [-0.39, 0.29) is 6.17 Å². The third-order valence-electron chi connectivity index (χ3n) is 5.34. The fourth-order valence-corrected chi connectivity index (χ4v) is 4.08. The molecule has 0 aliphatic carbocycles. The Kier molecular flexibility index (Phi) is 3.51. The minimum atomic E-state index is 0.0662. The zero-order valence-electron chi connectivity index (χ0n) is 15.1. The minimum Gasteiger partial charge on any atom is -0.322 e. The lowest BCUT2D eigenvalue weighted by Gasteiger charge is -2.15. The SMILES string of the molecule is Cc1cc2cc(C#N)ccc2n1C1Cc2cc(-c3ccccc3)ccc2[N]1. The quantitative estimate of drug-likeness (QED) is 0.473. The molecule has 5 rings (SSSR count). The summed E-state index contributed by atoms with van der Waals surface area (Å²) in [4.78, 5) is 0.